The molecule has 0 aliphatic carbocycles. The molecule has 136 valence electrons. The largest absolute Gasteiger partial charge is 0.337 e. The number of hydrogen-bond acceptors (Lipinski definition) is 4. The summed E-state index contributed by atoms with van der Waals surface area (Å²) >= 11 is 0. The molecule has 1 aliphatic heterocycles. The molecule has 2 aromatic rings. The molecule has 1 saturated heterocycles. The van der Waals surface area contributed by atoms with Crippen LogP contribution in [-0.2, 0) is 13.6 Å². The SMILES string of the molecule is Cc1n[nH]c(C)c1C(C)NC(=O)N1CCN(Cc2nccn2C)CC1. The fourth-order valence-electron chi connectivity index (χ4n) is 3.40. The Kier molecular flexibility index (Phi) is 5.08. The summed E-state index contributed by atoms with van der Waals surface area (Å²) in [6.45, 7) is 9.94. The first-order valence-corrected chi connectivity index (χ1v) is 8.71. The molecule has 2 amide bonds. The van der Waals surface area contributed by atoms with Crippen molar-refractivity contribution in [3.05, 3.63) is 35.2 Å². The van der Waals surface area contributed by atoms with E-state index in [0.717, 1.165) is 55.5 Å². The third-order valence-corrected chi connectivity index (χ3v) is 4.90. The molecule has 0 bridgehead atoms. The molecular formula is C17H27N7O. The van der Waals surface area contributed by atoms with Crippen LogP contribution >= 0.6 is 0 Å². The van der Waals surface area contributed by atoms with E-state index in [2.05, 4.69) is 25.4 Å². The van der Waals surface area contributed by atoms with Crippen LogP contribution in [-0.4, -0.2) is 61.8 Å². The molecule has 8 nitrogen and oxygen atoms in total. The minimum Gasteiger partial charge on any atom is -0.337 e. The Labute approximate surface area is 148 Å². The summed E-state index contributed by atoms with van der Waals surface area (Å²) in [6.07, 6.45) is 3.78. The van der Waals surface area contributed by atoms with E-state index in [0.29, 0.717) is 0 Å². The van der Waals surface area contributed by atoms with Crippen molar-refractivity contribution in [2.75, 3.05) is 26.2 Å². The predicted molar refractivity (Wildman–Crippen MR) is 95.1 cm³/mol. The van der Waals surface area contributed by atoms with E-state index < -0.39 is 0 Å². The lowest BCUT2D eigenvalue weighted by Gasteiger charge is -2.35. The van der Waals surface area contributed by atoms with Crippen LogP contribution in [0.2, 0.25) is 0 Å². The summed E-state index contributed by atoms with van der Waals surface area (Å²) < 4.78 is 2.04. The van der Waals surface area contributed by atoms with E-state index in [9.17, 15) is 4.79 Å². The number of aryl methyl sites for hydroxylation is 3. The van der Waals surface area contributed by atoms with E-state index in [1.165, 1.54) is 0 Å². The molecule has 3 heterocycles. The Balaban J connectivity index is 1.51. The van der Waals surface area contributed by atoms with Crippen molar-refractivity contribution < 1.29 is 4.79 Å². The minimum absolute atomic E-state index is 0.0101. The molecule has 1 unspecified atom stereocenters. The number of amides is 2. The van der Waals surface area contributed by atoms with Crippen molar-refractivity contribution in [1.82, 2.24) is 34.9 Å². The number of rotatable bonds is 4. The first-order valence-electron chi connectivity index (χ1n) is 8.71. The van der Waals surface area contributed by atoms with Crippen LogP contribution in [0.4, 0.5) is 4.79 Å². The van der Waals surface area contributed by atoms with Gasteiger partial charge in [-0.15, -0.1) is 0 Å². The van der Waals surface area contributed by atoms with Gasteiger partial charge in [0, 0.05) is 56.9 Å². The van der Waals surface area contributed by atoms with Crippen LogP contribution in [0.25, 0.3) is 0 Å². The number of carbonyl (C=O) groups is 1. The monoisotopic (exact) mass is 345 g/mol. The van der Waals surface area contributed by atoms with Crippen LogP contribution in [0.15, 0.2) is 12.4 Å². The lowest BCUT2D eigenvalue weighted by Crippen LogP contribution is -2.51. The van der Waals surface area contributed by atoms with Crippen LogP contribution in [0.1, 0.15) is 35.7 Å². The maximum atomic E-state index is 12.6. The normalized spacial score (nSPS) is 16.9. The minimum atomic E-state index is -0.0585. The molecule has 0 radical (unpaired) electrons. The second-order valence-corrected chi connectivity index (χ2v) is 6.74. The highest BCUT2D eigenvalue weighted by Gasteiger charge is 2.24. The van der Waals surface area contributed by atoms with Gasteiger partial charge in [-0.25, -0.2) is 9.78 Å². The number of piperazine rings is 1. The van der Waals surface area contributed by atoms with Gasteiger partial charge in [-0.05, 0) is 20.8 Å². The summed E-state index contributed by atoms with van der Waals surface area (Å²) in [4.78, 5) is 21.1. The summed E-state index contributed by atoms with van der Waals surface area (Å²) in [6, 6.07) is -0.0685. The van der Waals surface area contributed by atoms with Gasteiger partial charge in [0.15, 0.2) is 0 Å². The van der Waals surface area contributed by atoms with Crippen molar-refractivity contribution in [3.63, 3.8) is 0 Å². The van der Waals surface area contributed by atoms with Gasteiger partial charge in [-0.2, -0.15) is 5.10 Å². The second kappa shape index (κ2) is 7.26. The number of imidazole rings is 1. The quantitative estimate of drug-likeness (QED) is 0.876. The van der Waals surface area contributed by atoms with Gasteiger partial charge in [0.05, 0.1) is 18.3 Å². The average Bonchev–Trinajstić information content (AvgIpc) is 3.13. The number of carbonyl (C=O) groups excluding carboxylic acids is 1. The van der Waals surface area contributed by atoms with E-state index in [4.69, 9.17) is 0 Å². The van der Waals surface area contributed by atoms with Gasteiger partial charge >= 0.3 is 6.03 Å². The van der Waals surface area contributed by atoms with Gasteiger partial charge < -0.3 is 14.8 Å². The lowest BCUT2D eigenvalue weighted by atomic mass is 10.1. The second-order valence-electron chi connectivity index (χ2n) is 6.74. The summed E-state index contributed by atoms with van der Waals surface area (Å²) in [5.41, 5.74) is 3.01. The summed E-state index contributed by atoms with van der Waals surface area (Å²) in [5, 5.41) is 10.3. The molecule has 1 atom stereocenters. The zero-order valence-electron chi connectivity index (χ0n) is 15.4. The van der Waals surface area contributed by atoms with Gasteiger partial charge in [0.1, 0.15) is 5.82 Å². The van der Waals surface area contributed by atoms with E-state index >= 15 is 0 Å². The Morgan fingerprint density at radius 1 is 1.32 bits per heavy atom. The number of nitrogens with one attached hydrogen (secondary N) is 2. The number of hydrogen-bond donors (Lipinski definition) is 2. The average molecular weight is 345 g/mol. The molecule has 0 aromatic carbocycles. The standard InChI is InChI=1S/C17H27N7O/c1-12(16-13(2)20-21-14(16)3)19-17(25)24-9-7-23(8-10-24)11-15-18-5-6-22(15)4/h5-6,12H,7-11H2,1-4H3,(H,19,25)(H,20,21). The highest BCUT2D eigenvalue weighted by atomic mass is 16.2. The first-order chi connectivity index (χ1) is 12.0. The van der Waals surface area contributed by atoms with E-state index in [-0.39, 0.29) is 12.1 Å². The Bertz CT molecular complexity index is 708. The van der Waals surface area contributed by atoms with Gasteiger partial charge in [0.2, 0.25) is 0 Å². The molecule has 1 fully saturated rings. The van der Waals surface area contributed by atoms with E-state index in [1.54, 1.807) is 0 Å². The van der Waals surface area contributed by atoms with Crippen LogP contribution in [0.5, 0.6) is 0 Å². The molecular weight excluding hydrogens is 318 g/mol. The van der Waals surface area contributed by atoms with Gasteiger partial charge in [-0.1, -0.05) is 0 Å². The van der Waals surface area contributed by atoms with Crippen molar-refractivity contribution in [2.24, 2.45) is 7.05 Å². The highest BCUT2D eigenvalue weighted by Crippen LogP contribution is 2.19. The molecule has 3 rings (SSSR count). The van der Waals surface area contributed by atoms with Crippen molar-refractivity contribution >= 4 is 6.03 Å². The number of aromatic nitrogens is 4. The van der Waals surface area contributed by atoms with Crippen molar-refractivity contribution in [2.45, 2.75) is 33.4 Å². The molecule has 2 aromatic heterocycles. The molecule has 25 heavy (non-hydrogen) atoms. The molecule has 8 heteroatoms. The van der Waals surface area contributed by atoms with Gasteiger partial charge in [0.25, 0.3) is 0 Å². The van der Waals surface area contributed by atoms with Crippen molar-refractivity contribution in [3.8, 4) is 0 Å². The number of aromatic amines is 1. The zero-order valence-corrected chi connectivity index (χ0v) is 15.4. The number of urea groups is 1. The number of nitrogens with zero attached hydrogens (tertiary/aromatic N) is 5. The Morgan fingerprint density at radius 2 is 2.04 bits per heavy atom. The molecule has 1 aliphatic rings. The smallest absolute Gasteiger partial charge is 0.317 e. The molecule has 0 spiro atoms. The zero-order chi connectivity index (χ0) is 18.0. The number of H-pyrrole nitrogens is 1. The third kappa shape index (κ3) is 3.84. The Hall–Kier alpha value is -2.35. The molecule has 2 N–H and O–H groups in total. The van der Waals surface area contributed by atoms with Crippen molar-refractivity contribution in [1.29, 1.82) is 0 Å². The molecule has 0 saturated carbocycles. The van der Waals surface area contributed by atoms with E-state index in [1.807, 2.05) is 49.7 Å². The third-order valence-electron chi connectivity index (χ3n) is 4.90. The predicted octanol–water partition coefficient (Wildman–Crippen LogP) is 1.35. The maximum absolute atomic E-state index is 12.6. The fourth-order valence-corrected chi connectivity index (χ4v) is 3.40. The maximum Gasteiger partial charge on any atom is 0.317 e. The fraction of sp³-hybridized carbons (Fsp3) is 0.588. The lowest BCUT2D eigenvalue weighted by molar-refractivity contribution is 0.131. The highest BCUT2D eigenvalue weighted by molar-refractivity contribution is 5.75. The Morgan fingerprint density at radius 3 is 2.60 bits per heavy atom. The van der Waals surface area contributed by atoms with Gasteiger partial charge in [-0.3, -0.25) is 10.00 Å². The summed E-state index contributed by atoms with van der Waals surface area (Å²) in [7, 11) is 2.01. The topological polar surface area (TPSA) is 82.1 Å². The van der Waals surface area contributed by atoms with Crippen LogP contribution < -0.4 is 5.32 Å². The van der Waals surface area contributed by atoms with Crippen LogP contribution in [0, 0.1) is 13.8 Å². The van der Waals surface area contributed by atoms with Crippen LogP contribution in [0.3, 0.4) is 0 Å². The first kappa shape index (κ1) is 17.5. The summed E-state index contributed by atoms with van der Waals surface area (Å²) in [5.74, 6) is 1.05.